The molecular weight excluding hydrogens is 577 g/mol. The Balaban J connectivity index is 1.61. The molecule has 1 fully saturated rings. The summed E-state index contributed by atoms with van der Waals surface area (Å²) in [5.74, 6) is 0.913. The van der Waals surface area contributed by atoms with Gasteiger partial charge >= 0.3 is 0 Å². The van der Waals surface area contributed by atoms with Crippen molar-refractivity contribution in [3.05, 3.63) is 91.2 Å². The van der Waals surface area contributed by atoms with E-state index in [-0.39, 0.29) is 12.5 Å². The molecule has 174 valence electrons. The van der Waals surface area contributed by atoms with Crippen LogP contribution in [-0.2, 0) is 11.4 Å². The highest BCUT2D eigenvalue weighted by molar-refractivity contribution is 9.10. The van der Waals surface area contributed by atoms with Crippen molar-refractivity contribution in [2.75, 3.05) is 11.5 Å². The van der Waals surface area contributed by atoms with Crippen LogP contribution in [0.15, 0.2) is 70.0 Å². The predicted octanol–water partition coefficient (Wildman–Crippen LogP) is 8.14. The molecule has 1 heterocycles. The van der Waals surface area contributed by atoms with Gasteiger partial charge in [-0.25, -0.2) is 0 Å². The van der Waals surface area contributed by atoms with E-state index >= 15 is 0 Å². The lowest BCUT2D eigenvalue weighted by molar-refractivity contribution is -0.113. The zero-order valence-electron chi connectivity index (χ0n) is 17.9. The predicted molar refractivity (Wildman–Crippen MR) is 148 cm³/mol. The summed E-state index contributed by atoms with van der Waals surface area (Å²) in [7, 11) is 0. The van der Waals surface area contributed by atoms with E-state index in [1.807, 2.05) is 43.3 Å². The summed E-state index contributed by atoms with van der Waals surface area (Å²) in [6.07, 6.45) is 1.79. The fourth-order valence-corrected chi connectivity index (χ4v) is 5.54. The number of hydrogen-bond acceptors (Lipinski definition) is 5. The summed E-state index contributed by atoms with van der Waals surface area (Å²) in [6, 6.07) is 18.3. The number of hydrogen-bond donors (Lipinski definition) is 0. The Morgan fingerprint density at radius 2 is 1.88 bits per heavy atom. The molecular formula is C25H18BrCl2NO3S2. The van der Waals surface area contributed by atoms with Crippen molar-refractivity contribution >= 4 is 85.1 Å². The van der Waals surface area contributed by atoms with Crippen molar-refractivity contribution in [1.82, 2.24) is 0 Å². The minimum absolute atomic E-state index is 0.203. The number of benzene rings is 3. The molecule has 3 aromatic rings. The van der Waals surface area contributed by atoms with Gasteiger partial charge in [-0.05, 0) is 70.9 Å². The van der Waals surface area contributed by atoms with Crippen LogP contribution in [-0.4, -0.2) is 16.8 Å². The smallest absolute Gasteiger partial charge is 0.270 e. The SMILES string of the molecule is CCOc1cc(/C=C2\SC(=S)N(c3cccc(Cl)c3)C2=O)cc(Br)c1OCc1ccccc1Cl. The van der Waals surface area contributed by atoms with Gasteiger partial charge in [0.05, 0.1) is 21.7 Å². The first-order valence-electron chi connectivity index (χ1n) is 10.2. The Kier molecular flexibility index (Phi) is 8.22. The van der Waals surface area contributed by atoms with E-state index in [4.69, 9.17) is 44.9 Å². The van der Waals surface area contributed by atoms with Crippen LogP contribution in [0, 0.1) is 0 Å². The largest absolute Gasteiger partial charge is 0.490 e. The number of anilines is 1. The molecule has 1 amide bonds. The second-order valence-electron chi connectivity index (χ2n) is 7.14. The van der Waals surface area contributed by atoms with Crippen LogP contribution in [0.2, 0.25) is 10.0 Å². The number of halogens is 3. The lowest BCUT2D eigenvalue weighted by atomic mass is 10.1. The average molecular weight is 595 g/mol. The highest BCUT2D eigenvalue weighted by Gasteiger charge is 2.33. The van der Waals surface area contributed by atoms with E-state index in [0.717, 1.165) is 11.1 Å². The maximum Gasteiger partial charge on any atom is 0.270 e. The molecule has 4 nitrogen and oxygen atoms in total. The molecule has 0 saturated carbocycles. The molecule has 0 unspecified atom stereocenters. The molecule has 34 heavy (non-hydrogen) atoms. The van der Waals surface area contributed by atoms with Crippen LogP contribution in [0.4, 0.5) is 5.69 Å². The van der Waals surface area contributed by atoms with Crippen molar-refractivity contribution in [3.63, 3.8) is 0 Å². The monoisotopic (exact) mass is 593 g/mol. The van der Waals surface area contributed by atoms with Gasteiger partial charge in [0, 0.05) is 15.6 Å². The third-order valence-corrected chi connectivity index (χ3v) is 7.31. The van der Waals surface area contributed by atoms with Crippen LogP contribution >= 0.6 is 63.1 Å². The molecule has 0 atom stereocenters. The van der Waals surface area contributed by atoms with Crippen molar-refractivity contribution in [3.8, 4) is 11.5 Å². The molecule has 1 aliphatic rings. The Hall–Kier alpha value is -2.03. The molecule has 0 radical (unpaired) electrons. The number of thiocarbonyl (C=S) groups is 1. The Morgan fingerprint density at radius 1 is 1.09 bits per heavy atom. The van der Waals surface area contributed by atoms with Crippen molar-refractivity contribution < 1.29 is 14.3 Å². The molecule has 1 saturated heterocycles. The number of carbonyl (C=O) groups is 1. The number of nitrogens with zero attached hydrogens (tertiary/aromatic N) is 1. The molecule has 0 N–H and O–H groups in total. The number of thioether (sulfide) groups is 1. The van der Waals surface area contributed by atoms with Gasteiger partial charge in [0.1, 0.15) is 6.61 Å². The summed E-state index contributed by atoms with van der Waals surface area (Å²) in [5, 5.41) is 1.17. The number of rotatable bonds is 7. The zero-order chi connectivity index (χ0) is 24.2. The van der Waals surface area contributed by atoms with Crippen molar-refractivity contribution in [1.29, 1.82) is 0 Å². The van der Waals surface area contributed by atoms with Gasteiger partial charge in [0.2, 0.25) is 0 Å². The second-order valence-corrected chi connectivity index (χ2v) is 10.5. The highest BCUT2D eigenvalue weighted by atomic mass is 79.9. The maximum absolute atomic E-state index is 13.1. The van der Waals surface area contributed by atoms with Crippen LogP contribution in [0.5, 0.6) is 11.5 Å². The number of ether oxygens (including phenoxy) is 2. The minimum atomic E-state index is -0.203. The number of amides is 1. The average Bonchev–Trinajstić information content (AvgIpc) is 3.07. The lowest BCUT2D eigenvalue weighted by Crippen LogP contribution is -2.27. The summed E-state index contributed by atoms with van der Waals surface area (Å²) in [5.41, 5.74) is 2.28. The maximum atomic E-state index is 13.1. The van der Waals surface area contributed by atoms with Crippen LogP contribution < -0.4 is 14.4 Å². The van der Waals surface area contributed by atoms with Gasteiger partial charge < -0.3 is 9.47 Å². The van der Waals surface area contributed by atoms with E-state index in [1.54, 1.807) is 30.3 Å². The quantitative estimate of drug-likeness (QED) is 0.204. The third kappa shape index (κ3) is 5.61. The third-order valence-electron chi connectivity index (χ3n) is 4.82. The molecule has 0 bridgehead atoms. The van der Waals surface area contributed by atoms with Crippen molar-refractivity contribution in [2.24, 2.45) is 0 Å². The molecule has 3 aromatic carbocycles. The summed E-state index contributed by atoms with van der Waals surface area (Å²) >= 11 is 22.6. The lowest BCUT2D eigenvalue weighted by Gasteiger charge is -2.15. The molecule has 9 heteroatoms. The van der Waals surface area contributed by atoms with E-state index in [1.165, 1.54) is 16.7 Å². The molecule has 0 aromatic heterocycles. The van der Waals surface area contributed by atoms with Gasteiger partial charge in [-0.3, -0.25) is 9.69 Å². The number of carbonyl (C=O) groups excluding carboxylic acids is 1. The fourth-order valence-electron chi connectivity index (χ4n) is 3.30. The van der Waals surface area contributed by atoms with Gasteiger partial charge in [0.15, 0.2) is 15.8 Å². The zero-order valence-corrected chi connectivity index (χ0v) is 22.6. The van der Waals surface area contributed by atoms with Crippen LogP contribution in [0.1, 0.15) is 18.1 Å². The van der Waals surface area contributed by atoms with Gasteiger partial charge in [-0.2, -0.15) is 0 Å². The molecule has 0 spiro atoms. The first-order valence-corrected chi connectivity index (χ1v) is 13.0. The normalized spacial score (nSPS) is 14.7. The van der Waals surface area contributed by atoms with E-state index in [2.05, 4.69) is 15.9 Å². The summed E-state index contributed by atoms with van der Waals surface area (Å²) < 4.78 is 13.0. The Morgan fingerprint density at radius 3 is 2.62 bits per heavy atom. The summed E-state index contributed by atoms with van der Waals surface area (Å²) in [6.45, 7) is 2.64. The first-order chi connectivity index (χ1) is 16.4. The molecule has 4 rings (SSSR count). The van der Waals surface area contributed by atoms with Crippen LogP contribution in [0.3, 0.4) is 0 Å². The second kappa shape index (κ2) is 11.1. The van der Waals surface area contributed by atoms with Crippen LogP contribution in [0.25, 0.3) is 6.08 Å². The van der Waals surface area contributed by atoms with Crippen molar-refractivity contribution in [2.45, 2.75) is 13.5 Å². The Bertz CT molecular complexity index is 1300. The van der Waals surface area contributed by atoms with E-state index < -0.39 is 0 Å². The first kappa shape index (κ1) is 25.1. The minimum Gasteiger partial charge on any atom is -0.490 e. The highest BCUT2D eigenvalue weighted by Crippen LogP contribution is 2.41. The molecule has 0 aliphatic carbocycles. The standard InChI is InChI=1S/C25H18BrCl2NO3S2/c1-2-31-21-11-15(10-19(26)23(21)32-14-16-6-3-4-9-20(16)28)12-22-24(30)29(25(33)34-22)18-8-5-7-17(27)13-18/h3-13H,2,14H2,1H3/b22-12-. The van der Waals surface area contributed by atoms with Gasteiger partial charge in [-0.15, -0.1) is 0 Å². The van der Waals surface area contributed by atoms with E-state index in [9.17, 15) is 4.79 Å². The molecule has 1 aliphatic heterocycles. The summed E-state index contributed by atoms with van der Waals surface area (Å²) in [4.78, 5) is 15.1. The Labute approximate surface area is 226 Å². The van der Waals surface area contributed by atoms with E-state index in [0.29, 0.717) is 47.5 Å². The fraction of sp³-hybridized carbons (Fsp3) is 0.120. The van der Waals surface area contributed by atoms with Gasteiger partial charge in [0.25, 0.3) is 5.91 Å². The topological polar surface area (TPSA) is 38.8 Å². The van der Waals surface area contributed by atoms with Gasteiger partial charge in [-0.1, -0.05) is 71.4 Å².